The molecule has 8 heteroatoms. The largest absolute Gasteiger partial charge is 0.444 e. The van der Waals surface area contributed by atoms with Crippen LogP contribution >= 0.6 is 11.6 Å². The molecule has 0 aliphatic carbocycles. The first-order chi connectivity index (χ1) is 17.5. The molecular formula is C30H42ClN3O4. The van der Waals surface area contributed by atoms with Gasteiger partial charge in [0.25, 0.3) is 5.91 Å². The zero-order chi connectivity index (χ0) is 28.9. The first-order valence-electron chi connectivity index (χ1n) is 13.0. The summed E-state index contributed by atoms with van der Waals surface area (Å²) in [4.78, 5) is 42.3. The first kappa shape index (κ1) is 31.2. The van der Waals surface area contributed by atoms with Crippen molar-refractivity contribution in [2.75, 3.05) is 5.32 Å². The summed E-state index contributed by atoms with van der Waals surface area (Å²) in [5, 5.41) is 6.11. The molecule has 0 heterocycles. The van der Waals surface area contributed by atoms with Gasteiger partial charge in [0.1, 0.15) is 17.7 Å². The molecule has 0 aliphatic heterocycles. The van der Waals surface area contributed by atoms with Crippen LogP contribution in [0.15, 0.2) is 36.4 Å². The second-order valence-corrected chi connectivity index (χ2v) is 11.8. The van der Waals surface area contributed by atoms with Gasteiger partial charge in [-0.15, -0.1) is 0 Å². The van der Waals surface area contributed by atoms with Crippen LogP contribution in [0.25, 0.3) is 0 Å². The number of nitrogens with zero attached hydrogens (tertiary/aromatic N) is 1. The third kappa shape index (κ3) is 7.97. The summed E-state index contributed by atoms with van der Waals surface area (Å²) in [6.07, 6.45) is -0.688. The number of ether oxygens (including phenoxy) is 1. The van der Waals surface area contributed by atoms with Gasteiger partial charge in [0.2, 0.25) is 5.91 Å². The van der Waals surface area contributed by atoms with Gasteiger partial charge in [-0.2, -0.15) is 0 Å². The van der Waals surface area contributed by atoms with E-state index in [1.807, 2.05) is 78.8 Å². The third-order valence-corrected chi connectivity index (χ3v) is 6.57. The normalized spacial score (nSPS) is 13.2. The van der Waals surface area contributed by atoms with Crippen LogP contribution in [0.1, 0.15) is 76.8 Å². The number of amides is 3. The van der Waals surface area contributed by atoms with E-state index in [-0.39, 0.29) is 17.9 Å². The van der Waals surface area contributed by atoms with Crippen LogP contribution in [0.4, 0.5) is 10.5 Å². The molecule has 2 aromatic carbocycles. The summed E-state index contributed by atoms with van der Waals surface area (Å²) in [6, 6.07) is 8.86. The minimum atomic E-state index is -0.973. The number of alkyl carbamates (subject to hydrolysis) is 1. The van der Waals surface area contributed by atoms with Crippen LogP contribution in [0, 0.1) is 26.7 Å². The quantitative estimate of drug-likeness (QED) is 0.386. The Morgan fingerprint density at radius 2 is 1.55 bits per heavy atom. The first-order valence-corrected chi connectivity index (χ1v) is 13.4. The number of aryl methyl sites for hydroxylation is 3. The Morgan fingerprint density at radius 3 is 2.05 bits per heavy atom. The molecule has 3 amide bonds. The number of halogens is 1. The Balaban J connectivity index is 2.59. The second kappa shape index (κ2) is 12.7. The number of benzene rings is 2. The standard InChI is InChI=1S/C30H42ClN3O4/c1-17(2)24(33-29(37)38-30(8,9)10)28(36)34(18(3)4)26(22-15-14-19(5)21(7)16-22)27(35)32-25-20(6)12-11-13-23(25)31/h11-18,24,26H,1-10H3,(H,32,35)(H,33,37). The molecule has 38 heavy (non-hydrogen) atoms. The van der Waals surface area contributed by atoms with Crippen molar-refractivity contribution in [2.24, 2.45) is 5.92 Å². The minimum Gasteiger partial charge on any atom is -0.444 e. The fourth-order valence-electron chi connectivity index (χ4n) is 4.14. The molecule has 208 valence electrons. The maximum Gasteiger partial charge on any atom is 0.408 e. The molecule has 0 aliphatic rings. The van der Waals surface area contributed by atoms with Gasteiger partial charge in [0.15, 0.2) is 0 Å². The smallest absolute Gasteiger partial charge is 0.408 e. The summed E-state index contributed by atoms with van der Waals surface area (Å²) in [7, 11) is 0. The van der Waals surface area contributed by atoms with E-state index in [9.17, 15) is 14.4 Å². The zero-order valence-corrected chi connectivity index (χ0v) is 25.0. The average molecular weight is 544 g/mol. The van der Waals surface area contributed by atoms with Crippen molar-refractivity contribution in [3.63, 3.8) is 0 Å². The molecule has 2 unspecified atom stereocenters. The van der Waals surface area contributed by atoms with Crippen LogP contribution in [0.3, 0.4) is 0 Å². The lowest BCUT2D eigenvalue weighted by atomic mass is 9.95. The molecule has 0 fully saturated rings. The minimum absolute atomic E-state index is 0.259. The Labute approximate surface area is 232 Å². The number of rotatable bonds is 8. The lowest BCUT2D eigenvalue weighted by Crippen LogP contribution is -2.56. The summed E-state index contributed by atoms with van der Waals surface area (Å²) in [5.74, 6) is -1.04. The molecule has 2 atom stereocenters. The van der Waals surface area contributed by atoms with E-state index in [0.717, 1.165) is 16.7 Å². The van der Waals surface area contributed by atoms with Crippen molar-refractivity contribution in [2.45, 2.75) is 93.0 Å². The van der Waals surface area contributed by atoms with E-state index in [1.165, 1.54) is 4.90 Å². The maximum atomic E-state index is 14.1. The van der Waals surface area contributed by atoms with Gasteiger partial charge in [0.05, 0.1) is 10.7 Å². The van der Waals surface area contributed by atoms with Crippen LogP contribution in [0.2, 0.25) is 5.02 Å². The number of para-hydroxylation sites is 1. The number of carbonyl (C=O) groups is 3. The molecule has 0 radical (unpaired) electrons. The van der Waals surface area contributed by atoms with Crippen LogP contribution in [0.5, 0.6) is 0 Å². The van der Waals surface area contributed by atoms with Gasteiger partial charge in [-0.05, 0) is 89.6 Å². The van der Waals surface area contributed by atoms with Crippen molar-refractivity contribution < 1.29 is 19.1 Å². The van der Waals surface area contributed by atoms with Crippen molar-refractivity contribution in [1.29, 1.82) is 0 Å². The van der Waals surface area contributed by atoms with E-state index in [0.29, 0.717) is 16.3 Å². The monoisotopic (exact) mass is 543 g/mol. The number of nitrogens with one attached hydrogen (secondary N) is 2. The topological polar surface area (TPSA) is 87.7 Å². The molecule has 2 rings (SSSR count). The van der Waals surface area contributed by atoms with Gasteiger partial charge in [-0.3, -0.25) is 9.59 Å². The van der Waals surface area contributed by atoms with Gasteiger partial charge >= 0.3 is 6.09 Å². The summed E-state index contributed by atoms with van der Waals surface area (Å²) < 4.78 is 5.42. The van der Waals surface area contributed by atoms with Crippen LogP contribution < -0.4 is 10.6 Å². The number of anilines is 1. The molecule has 2 aromatic rings. The predicted molar refractivity (Wildman–Crippen MR) is 153 cm³/mol. The molecule has 0 spiro atoms. The molecule has 7 nitrogen and oxygen atoms in total. The van der Waals surface area contributed by atoms with E-state index in [1.54, 1.807) is 26.8 Å². The van der Waals surface area contributed by atoms with E-state index in [2.05, 4.69) is 10.6 Å². The number of carbonyl (C=O) groups excluding carboxylic acids is 3. The fourth-order valence-corrected chi connectivity index (χ4v) is 4.41. The summed E-state index contributed by atoms with van der Waals surface area (Å²) >= 11 is 6.42. The lowest BCUT2D eigenvalue weighted by Gasteiger charge is -2.38. The van der Waals surface area contributed by atoms with Gasteiger partial charge in [-0.1, -0.05) is 55.8 Å². The molecule has 0 aromatic heterocycles. The highest BCUT2D eigenvalue weighted by Crippen LogP contribution is 2.31. The van der Waals surface area contributed by atoms with Gasteiger partial charge in [-0.25, -0.2) is 4.79 Å². The Kier molecular flexibility index (Phi) is 10.4. The van der Waals surface area contributed by atoms with Crippen molar-refractivity contribution in [1.82, 2.24) is 10.2 Å². The van der Waals surface area contributed by atoms with Crippen LogP contribution in [-0.2, 0) is 14.3 Å². The van der Waals surface area contributed by atoms with Crippen LogP contribution in [-0.4, -0.2) is 40.5 Å². The van der Waals surface area contributed by atoms with Gasteiger partial charge < -0.3 is 20.3 Å². The summed E-state index contributed by atoms with van der Waals surface area (Å²) in [6.45, 7) is 18.5. The second-order valence-electron chi connectivity index (χ2n) is 11.4. The van der Waals surface area contributed by atoms with E-state index in [4.69, 9.17) is 16.3 Å². The predicted octanol–water partition coefficient (Wildman–Crippen LogP) is 6.73. The Morgan fingerprint density at radius 1 is 0.921 bits per heavy atom. The van der Waals surface area contributed by atoms with Gasteiger partial charge in [0, 0.05) is 6.04 Å². The maximum absolute atomic E-state index is 14.1. The lowest BCUT2D eigenvalue weighted by molar-refractivity contribution is -0.143. The summed E-state index contributed by atoms with van der Waals surface area (Å²) in [5.41, 5.74) is 3.31. The Bertz CT molecular complexity index is 1150. The number of hydrogen-bond acceptors (Lipinski definition) is 4. The highest BCUT2D eigenvalue weighted by molar-refractivity contribution is 6.34. The highest BCUT2D eigenvalue weighted by atomic mass is 35.5. The number of hydrogen-bond donors (Lipinski definition) is 2. The Hall–Kier alpha value is -3.06. The van der Waals surface area contributed by atoms with Crippen molar-refractivity contribution in [3.05, 3.63) is 63.7 Å². The van der Waals surface area contributed by atoms with E-state index >= 15 is 0 Å². The highest BCUT2D eigenvalue weighted by Gasteiger charge is 2.39. The third-order valence-electron chi connectivity index (χ3n) is 6.26. The SMILES string of the molecule is Cc1ccc(C(C(=O)Nc2c(C)cccc2Cl)N(C(=O)C(NC(=O)OC(C)(C)C)C(C)C)C(C)C)cc1C. The fraction of sp³-hybridized carbons (Fsp3) is 0.500. The molecule has 0 saturated heterocycles. The van der Waals surface area contributed by atoms with Crippen molar-refractivity contribution >= 4 is 35.2 Å². The molecule has 0 saturated carbocycles. The molecular weight excluding hydrogens is 502 g/mol. The average Bonchev–Trinajstić information content (AvgIpc) is 2.78. The van der Waals surface area contributed by atoms with Crippen molar-refractivity contribution in [3.8, 4) is 0 Å². The zero-order valence-electron chi connectivity index (χ0n) is 24.2. The molecule has 2 N–H and O–H groups in total. The molecule has 0 bridgehead atoms. The van der Waals surface area contributed by atoms with E-state index < -0.39 is 29.7 Å².